The Balaban J connectivity index is 2.59. The summed E-state index contributed by atoms with van der Waals surface area (Å²) in [4.78, 5) is 16.4. The fraction of sp³-hybridized carbons (Fsp3) is 0.400. The lowest BCUT2D eigenvalue weighted by Crippen LogP contribution is -1.98. The minimum atomic E-state index is 0.183. The van der Waals surface area contributed by atoms with Gasteiger partial charge in [0.05, 0.1) is 16.1 Å². The van der Waals surface area contributed by atoms with E-state index < -0.39 is 0 Å². The highest BCUT2D eigenvalue weighted by atomic mass is 32.1. The number of nitrogens with zero attached hydrogens (tertiary/aromatic N) is 1. The molecule has 1 rings (SSSR count). The molecular weight excluding hydrogens is 182 g/mol. The third-order valence-corrected chi connectivity index (χ3v) is 2.75. The Morgan fingerprint density at radius 3 is 2.77 bits per heavy atom. The van der Waals surface area contributed by atoms with E-state index in [1.165, 1.54) is 11.3 Å². The molecule has 70 valence electrons. The van der Waals surface area contributed by atoms with Gasteiger partial charge in [-0.2, -0.15) is 0 Å². The van der Waals surface area contributed by atoms with Gasteiger partial charge in [0.2, 0.25) is 0 Å². The number of thiazole rings is 1. The van der Waals surface area contributed by atoms with Crippen LogP contribution in [-0.2, 0) is 0 Å². The number of carbonyl (C=O) groups is 1. The van der Waals surface area contributed by atoms with E-state index in [-0.39, 0.29) is 5.78 Å². The molecule has 0 bridgehead atoms. The second kappa shape index (κ2) is 4.33. The van der Waals surface area contributed by atoms with Gasteiger partial charge in [-0.15, -0.1) is 17.9 Å². The Morgan fingerprint density at radius 2 is 2.31 bits per heavy atom. The van der Waals surface area contributed by atoms with Crippen molar-refractivity contribution in [2.75, 3.05) is 0 Å². The fourth-order valence-corrected chi connectivity index (χ4v) is 1.78. The van der Waals surface area contributed by atoms with Gasteiger partial charge in [-0.25, -0.2) is 4.98 Å². The summed E-state index contributed by atoms with van der Waals surface area (Å²) in [6, 6.07) is 0. The average Bonchev–Trinajstić information content (AvgIpc) is 2.47. The van der Waals surface area contributed by atoms with Crippen LogP contribution in [0.15, 0.2) is 17.7 Å². The van der Waals surface area contributed by atoms with Crippen molar-refractivity contribution in [3.63, 3.8) is 0 Å². The number of aryl methyl sites for hydroxylation is 1. The zero-order chi connectivity index (χ0) is 9.84. The highest BCUT2D eigenvalue weighted by Gasteiger charge is 2.10. The van der Waals surface area contributed by atoms with Gasteiger partial charge in [-0.1, -0.05) is 5.57 Å². The summed E-state index contributed by atoms with van der Waals surface area (Å²) in [5, 5.41) is 0. The number of hydrogen-bond donors (Lipinski definition) is 0. The maximum absolute atomic E-state index is 11.6. The fourth-order valence-electron chi connectivity index (χ4n) is 1.01. The average molecular weight is 195 g/mol. The van der Waals surface area contributed by atoms with Gasteiger partial charge in [-0.3, -0.25) is 4.79 Å². The number of ketones is 1. The normalized spacial score (nSPS) is 10.0. The van der Waals surface area contributed by atoms with Crippen molar-refractivity contribution in [2.45, 2.75) is 26.7 Å². The van der Waals surface area contributed by atoms with Crippen LogP contribution in [0.1, 0.15) is 35.1 Å². The summed E-state index contributed by atoms with van der Waals surface area (Å²) in [5.41, 5.74) is 3.61. The van der Waals surface area contributed by atoms with Crippen LogP contribution in [-0.4, -0.2) is 10.8 Å². The summed E-state index contributed by atoms with van der Waals surface area (Å²) in [6.07, 6.45) is 1.33. The molecule has 0 atom stereocenters. The van der Waals surface area contributed by atoms with Gasteiger partial charge in [-0.05, 0) is 20.3 Å². The Morgan fingerprint density at radius 1 is 1.62 bits per heavy atom. The van der Waals surface area contributed by atoms with Gasteiger partial charge in [0, 0.05) is 6.42 Å². The molecule has 13 heavy (non-hydrogen) atoms. The van der Waals surface area contributed by atoms with E-state index in [9.17, 15) is 4.79 Å². The molecule has 0 aliphatic heterocycles. The first-order valence-corrected chi connectivity index (χ1v) is 5.07. The SMILES string of the molecule is C=C(C)CCC(=O)c1scnc1C. The highest BCUT2D eigenvalue weighted by Crippen LogP contribution is 2.16. The maximum atomic E-state index is 11.6. The third-order valence-electron chi connectivity index (χ3n) is 1.78. The molecule has 0 aliphatic carbocycles. The standard InChI is InChI=1S/C10H13NOS/c1-7(2)4-5-9(12)10-8(3)11-6-13-10/h6H,1,4-5H2,2-3H3. The molecule has 1 heterocycles. The van der Waals surface area contributed by atoms with E-state index in [4.69, 9.17) is 0 Å². The largest absolute Gasteiger partial charge is 0.293 e. The van der Waals surface area contributed by atoms with E-state index in [2.05, 4.69) is 11.6 Å². The molecular formula is C10H13NOS. The molecule has 0 radical (unpaired) electrons. The van der Waals surface area contributed by atoms with E-state index in [1.54, 1.807) is 5.51 Å². The van der Waals surface area contributed by atoms with Gasteiger partial charge in [0.25, 0.3) is 0 Å². The molecule has 0 unspecified atom stereocenters. The van der Waals surface area contributed by atoms with E-state index in [1.807, 2.05) is 13.8 Å². The van der Waals surface area contributed by atoms with Crippen LogP contribution in [0.5, 0.6) is 0 Å². The summed E-state index contributed by atoms with van der Waals surface area (Å²) < 4.78 is 0. The number of allylic oxidation sites excluding steroid dienone is 1. The van der Waals surface area contributed by atoms with Crippen molar-refractivity contribution in [2.24, 2.45) is 0 Å². The lowest BCUT2D eigenvalue weighted by atomic mass is 10.1. The molecule has 0 amide bonds. The number of Topliss-reactive ketones (excluding diaryl/α,β-unsaturated/α-hetero) is 1. The van der Waals surface area contributed by atoms with Crippen molar-refractivity contribution in [3.8, 4) is 0 Å². The van der Waals surface area contributed by atoms with Crippen molar-refractivity contribution in [1.29, 1.82) is 0 Å². The van der Waals surface area contributed by atoms with Crippen LogP contribution < -0.4 is 0 Å². The van der Waals surface area contributed by atoms with Crippen LogP contribution in [0, 0.1) is 6.92 Å². The molecule has 0 saturated carbocycles. The van der Waals surface area contributed by atoms with Crippen molar-refractivity contribution < 1.29 is 4.79 Å². The van der Waals surface area contributed by atoms with Crippen LogP contribution in [0.3, 0.4) is 0 Å². The second-order valence-corrected chi connectivity index (χ2v) is 4.00. The van der Waals surface area contributed by atoms with Crippen LogP contribution in [0.25, 0.3) is 0 Å². The zero-order valence-electron chi connectivity index (χ0n) is 7.96. The lowest BCUT2D eigenvalue weighted by molar-refractivity contribution is 0.0986. The molecule has 0 spiro atoms. The number of carbonyl (C=O) groups excluding carboxylic acids is 1. The molecule has 0 aliphatic rings. The highest BCUT2D eigenvalue weighted by molar-refractivity contribution is 7.11. The third kappa shape index (κ3) is 2.77. The van der Waals surface area contributed by atoms with Gasteiger partial charge in [0.1, 0.15) is 0 Å². The van der Waals surface area contributed by atoms with Crippen LogP contribution in [0.4, 0.5) is 0 Å². The first kappa shape index (κ1) is 10.1. The Labute approximate surface area is 82.3 Å². The zero-order valence-corrected chi connectivity index (χ0v) is 8.78. The molecule has 2 nitrogen and oxygen atoms in total. The first-order chi connectivity index (χ1) is 6.11. The predicted molar refractivity (Wildman–Crippen MR) is 55.2 cm³/mol. The van der Waals surface area contributed by atoms with Crippen LogP contribution >= 0.6 is 11.3 Å². The van der Waals surface area contributed by atoms with E-state index in [0.717, 1.165) is 22.6 Å². The Hall–Kier alpha value is -0.960. The van der Waals surface area contributed by atoms with Gasteiger partial charge >= 0.3 is 0 Å². The second-order valence-electron chi connectivity index (χ2n) is 3.15. The van der Waals surface area contributed by atoms with Crippen molar-refractivity contribution >= 4 is 17.1 Å². The minimum absolute atomic E-state index is 0.183. The smallest absolute Gasteiger partial charge is 0.175 e. The summed E-state index contributed by atoms with van der Waals surface area (Å²) in [6.45, 7) is 7.57. The first-order valence-electron chi connectivity index (χ1n) is 4.19. The molecule has 0 aromatic carbocycles. The molecule has 1 aromatic rings. The Bertz CT molecular complexity index is 327. The monoisotopic (exact) mass is 195 g/mol. The van der Waals surface area contributed by atoms with Gasteiger partial charge < -0.3 is 0 Å². The minimum Gasteiger partial charge on any atom is -0.293 e. The van der Waals surface area contributed by atoms with Crippen LogP contribution in [0.2, 0.25) is 0 Å². The number of rotatable bonds is 4. The maximum Gasteiger partial charge on any atom is 0.175 e. The summed E-state index contributed by atoms with van der Waals surface area (Å²) >= 11 is 1.42. The molecule has 1 aromatic heterocycles. The quantitative estimate of drug-likeness (QED) is 0.546. The van der Waals surface area contributed by atoms with E-state index in [0.29, 0.717) is 6.42 Å². The number of hydrogen-bond acceptors (Lipinski definition) is 3. The summed E-state index contributed by atoms with van der Waals surface area (Å²) in [7, 11) is 0. The molecule has 3 heteroatoms. The van der Waals surface area contributed by atoms with E-state index >= 15 is 0 Å². The molecule has 0 N–H and O–H groups in total. The number of aromatic nitrogens is 1. The molecule has 0 saturated heterocycles. The van der Waals surface area contributed by atoms with Gasteiger partial charge in [0.15, 0.2) is 5.78 Å². The summed E-state index contributed by atoms with van der Waals surface area (Å²) in [5.74, 6) is 0.183. The Kier molecular flexibility index (Phi) is 3.37. The topological polar surface area (TPSA) is 30.0 Å². The predicted octanol–water partition coefficient (Wildman–Crippen LogP) is 2.99. The van der Waals surface area contributed by atoms with Crippen molar-refractivity contribution in [3.05, 3.63) is 28.2 Å². The lowest BCUT2D eigenvalue weighted by Gasteiger charge is -1.98. The molecule has 0 fully saturated rings. The van der Waals surface area contributed by atoms with Crippen molar-refractivity contribution in [1.82, 2.24) is 4.98 Å².